The van der Waals surface area contributed by atoms with Crippen molar-refractivity contribution in [1.82, 2.24) is 4.90 Å². The number of hydrogen-bond donors (Lipinski definition) is 1. The number of thiol groups is 1. The van der Waals surface area contributed by atoms with Gasteiger partial charge in [-0.2, -0.15) is 0 Å². The van der Waals surface area contributed by atoms with Gasteiger partial charge in [0.05, 0.1) is 0 Å². The van der Waals surface area contributed by atoms with Crippen LogP contribution in [0, 0.1) is 0 Å². The monoisotopic (exact) mass is 225 g/mol. The summed E-state index contributed by atoms with van der Waals surface area (Å²) in [5.41, 5.74) is 0. The van der Waals surface area contributed by atoms with Crippen molar-refractivity contribution in [3.63, 3.8) is 0 Å². The zero-order valence-corrected chi connectivity index (χ0v) is 11.2. The maximum atomic E-state index is 10.7. The van der Waals surface area contributed by atoms with Crippen LogP contribution in [0.4, 0.5) is 4.79 Å². The van der Waals surface area contributed by atoms with Crippen LogP contribution in [0.2, 0.25) is 0 Å². The average molecular weight is 227 g/mol. The maximum Gasteiger partial charge on any atom is 0.278 e. The van der Waals surface area contributed by atoms with Gasteiger partial charge in [-0.25, -0.2) is 0 Å². The minimum Gasteiger partial charge on any atom is -0.334 e. The van der Waals surface area contributed by atoms with Crippen LogP contribution in [-0.2, 0) is 19.5 Å². The Morgan fingerprint density at radius 3 is 1.82 bits per heavy atom. The average Bonchev–Trinajstić information content (AvgIpc) is 1.87. The minimum absolute atomic E-state index is 0. The summed E-state index contributed by atoms with van der Waals surface area (Å²) in [4.78, 5) is 12.5. The normalized spacial score (nSPS) is 8.64. The molecule has 2 nitrogen and oxygen atoms in total. The van der Waals surface area contributed by atoms with Gasteiger partial charge in [0.1, 0.15) is 0 Å². The number of carbonyl (C=O) groups excluding carboxylic acids is 1. The summed E-state index contributed by atoms with van der Waals surface area (Å²) in [5, 5.41) is -0.108. The molecule has 11 heavy (non-hydrogen) atoms. The van der Waals surface area contributed by atoms with E-state index in [2.05, 4.69) is 26.5 Å². The summed E-state index contributed by atoms with van der Waals surface area (Å²) in [7, 11) is 0. The number of carbonyl (C=O) groups is 1. The van der Waals surface area contributed by atoms with E-state index in [1.54, 1.807) is 4.90 Å². The van der Waals surface area contributed by atoms with Crippen molar-refractivity contribution in [2.24, 2.45) is 0 Å². The fourth-order valence-electron chi connectivity index (χ4n) is 0.843. The van der Waals surface area contributed by atoms with Gasteiger partial charge in [0, 0.05) is 32.6 Å². The van der Waals surface area contributed by atoms with Gasteiger partial charge in [-0.15, -0.1) is 0 Å². The number of amides is 1. The first-order valence-corrected chi connectivity index (χ1v) is 4.15. The van der Waals surface area contributed by atoms with E-state index in [0.717, 1.165) is 25.9 Å². The van der Waals surface area contributed by atoms with Gasteiger partial charge in [-0.3, -0.25) is 4.79 Å². The molecular weight excluding hydrogens is 212 g/mol. The second-order valence-electron chi connectivity index (χ2n) is 2.27. The molecule has 0 N–H and O–H groups in total. The largest absolute Gasteiger partial charge is 0.334 e. The molecule has 0 saturated carbocycles. The third kappa shape index (κ3) is 6.83. The van der Waals surface area contributed by atoms with Crippen LogP contribution < -0.4 is 0 Å². The maximum absolute atomic E-state index is 10.7. The molecule has 0 aliphatic heterocycles. The van der Waals surface area contributed by atoms with Crippen molar-refractivity contribution >= 4 is 17.9 Å². The Kier molecular flexibility index (Phi) is 10.9. The molecule has 0 rings (SSSR count). The van der Waals surface area contributed by atoms with Crippen LogP contribution in [0.3, 0.4) is 0 Å². The predicted octanol–water partition coefficient (Wildman–Crippen LogP) is 2.16. The van der Waals surface area contributed by atoms with E-state index >= 15 is 0 Å². The predicted molar refractivity (Wildman–Crippen MR) is 46.5 cm³/mol. The van der Waals surface area contributed by atoms with Gasteiger partial charge in [0.15, 0.2) is 0 Å². The fraction of sp³-hybridized carbons (Fsp3) is 0.857. The van der Waals surface area contributed by atoms with E-state index < -0.39 is 0 Å². The molecule has 0 saturated heterocycles. The number of hydrogen-bond acceptors (Lipinski definition) is 1. The SMILES string of the molecule is CCCN(CCC)C(=O)S.[Zn]. The van der Waals surface area contributed by atoms with Crippen molar-refractivity contribution in [3.8, 4) is 0 Å². The smallest absolute Gasteiger partial charge is 0.278 e. The van der Waals surface area contributed by atoms with Crippen molar-refractivity contribution in [3.05, 3.63) is 0 Å². The second kappa shape index (κ2) is 8.54. The summed E-state index contributed by atoms with van der Waals surface area (Å²) in [6.45, 7) is 5.77. The Morgan fingerprint density at radius 1 is 1.27 bits per heavy atom. The Hall–Kier alpha value is 0.443. The first kappa shape index (κ1) is 14.0. The van der Waals surface area contributed by atoms with Crippen LogP contribution in [-0.4, -0.2) is 23.2 Å². The third-order valence-electron chi connectivity index (χ3n) is 1.26. The Bertz CT molecular complexity index is 105. The van der Waals surface area contributed by atoms with E-state index in [-0.39, 0.29) is 24.7 Å². The minimum atomic E-state index is -0.108. The number of nitrogens with zero attached hydrogens (tertiary/aromatic N) is 1. The molecule has 0 aliphatic carbocycles. The molecule has 0 aliphatic rings. The van der Waals surface area contributed by atoms with E-state index in [9.17, 15) is 4.79 Å². The van der Waals surface area contributed by atoms with E-state index in [0.29, 0.717) is 0 Å². The van der Waals surface area contributed by atoms with Crippen LogP contribution >= 0.6 is 12.6 Å². The molecule has 0 bridgehead atoms. The van der Waals surface area contributed by atoms with Gasteiger partial charge in [0.25, 0.3) is 5.24 Å². The van der Waals surface area contributed by atoms with Gasteiger partial charge in [-0.1, -0.05) is 26.5 Å². The van der Waals surface area contributed by atoms with Crippen molar-refractivity contribution in [2.75, 3.05) is 13.1 Å². The second-order valence-corrected chi connectivity index (χ2v) is 2.65. The molecular formula is C7H15NOSZn. The molecule has 0 atom stereocenters. The molecule has 0 aromatic carbocycles. The van der Waals surface area contributed by atoms with E-state index in [4.69, 9.17) is 0 Å². The van der Waals surface area contributed by atoms with Gasteiger partial charge < -0.3 is 4.90 Å². The quantitative estimate of drug-likeness (QED) is 0.575. The molecule has 62 valence electrons. The van der Waals surface area contributed by atoms with E-state index in [1.165, 1.54) is 0 Å². The van der Waals surface area contributed by atoms with Crippen LogP contribution in [0.15, 0.2) is 0 Å². The van der Waals surface area contributed by atoms with Crippen LogP contribution in [0.5, 0.6) is 0 Å². The van der Waals surface area contributed by atoms with Gasteiger partial charge >= 0.3 is 0 Å². The van der Waals surface area contributed by atoms with E-state index in [1.807, 2.05) is 0 Å². The molecule has 0 heterocycles. The van der Waals surface area contributed by atoms with Gasteiger partial charge in [-0.05, 0) is 12.8 Å². The summed E-state index contributed by atoms with van der Waals surface area (Å²) in [6.07, 6.45) is 2.01. The summed E-state index contributed by atoms with van der Waals surface area (Å²) in [6, 6.07) is 0. The van der Waals surface area contributed by atoms with Gasteiger partial charge in [0.2, 0.25) is 0 Å². The molecule has 4 heteroatoms. The van der Waals surface area contributed by atoms with Crippen molar-refractivity contribution in [1.29, 1.82) is 0 Å². The Morgan fingerprint density at radius 2 is 1.64 bits per heavy atom. The standard InChI is InChI=1S/C7H15NOS.Zn/c1-3-5-8(6-4-2)7(9)10;/h3-6H2,1-2H3,(H,9,10);. The zero-order valence-electron chi connectivity index (χ0n) is 7.34. The summed E-state index contributed by atoms with van der Waals surface area (Å²) >= 11 is 3.75. The van der Waals surface area contributed by atoms with Crippen molar-refractivity contribution in [2.45, 2.75) is 26.7 Å². The summed E-state index contributed by atoms with van der Waals surface area (Å²) < 4.78 is 0. The zero-order chi connectivity index (χ0) is 7.98. The van der Waals surface area contributed by atoms with Crippen molar-refractivity contribution < 1.29 is 24.3 Å². The first-order valence-electron chi connectivity index (χ1n) is 3.70. The molecule has 0 fully saturated rings. The molecule has 0 radical (unpaired) electrons. The third-order valence-corrected chi connectivity index (χ3v) is 1.54. The fourth-order valence-corrected chi connectivity index (χ4v) is 1.04. The summed E-state index contributed by atoms with van der Waals surface area (Å²) in [5.74, 6) is 0. The first-order chi connectivity index (χ1) is 4.72. The molecule has 0 unspecified atom stereocenters. The van der Waals surface area contributed by atoms with Crippen LogP contribution in [0.25, 0.3) is 0 Å². The Labute approximate surface area is 86.9 Å². The Balaban J connectivity index is 0. The topological polar surface area (TPSA) is 20.3 Å². The number of rotatable bonds is 4. The molecule has 0 aromatic heterocycles. The van der Waals surface area contributed by atoms with Crippen LogP contribution in [0.1, 0.15) is 26.7 Å². The molecule has 1 amide bonds. The molecule has 0 spiro atoms. The molecule has 0 aromatic rings.